The van der Waals surface area contributed by atoms with E-state index >= 15 is 0 Å². The predicted molar refractivity (Wildman–Crippen MR) is 119 cm³/mol. The summed E-state index contributed by atoms with van der Waals surface area (Å²) in [5.74, 6) is -0.801. The standard InChI is InChI=1S/C21H18BrN3O4S/c1-14-9-11-17(12-10-14)30(28,29)25-20(26)15-5-4-6-16(13-15)23-21(27)24-19-8-3-2-7-18(19)22/h2-13H,1H3,(H,25,26)(H2,23,24,27). The van der Waals surface area contributed by atoms with Gasteiger partial charge in [0, 0.05) is 15.7 Å². The Kier molecular flexibility index (Phi) is 6.53. The summed E-state index contributed by atoms with van der Waals surface area (Å²) in [7, 11) is -4.01. The summed E-state index contributed by atoms with van der Waals surface area (Å²) in [6, 6.07) is 18.7. The average molecular weight is 488 g/mol. The molecule has 9 heteroatoms. The quantitative estimate of drug-likeness (QED) is 0.491. The number of sulfonamides is 1. The average Bonchev–Trinajstić information content (AvgIpc) is 2.70. The van der Waals surface area contributed by atoms with E-state index in [1.54, 1.807) is 42.5 Å². The van der Waals surface area contributed by atoms with Crippen molar-refractivity contribution in [1.82, 2.24) is 4.72 Å². The number of anilines is 2. The number of urea groups is 1. The summed E-state index contributed by atoms with van der Waals surface area (Å²) >= 11 is 3.34. The third kappa shape index (κ3) is 5.46. The van der Waals surface area contributed by atoms with Crippen LogP contribution >= 0.6 is 15.9 Å². The van der Waals surface area contributed by atoms with E-state index in [0.717, 1.165) is 10.0 Å². The lowest BCUT2D eigenvalue weighted by molar-refractivity contribution is 0.0981. The molecule has 3 aromatic carbocycles. The molecule has 30 heavy (non-hydrogen) atoms. The van der Waals surface area contributed by atoms with Crippen LogP contribution in [0.25, 0.3) is 0 Å². The number of hydrogen-bond donors (Lipinski definition) is 3. The molecule has 0 bridgehead atoms. The zero-order valence-corrected chi connectivity index (χ0v) is 18.2. The van der Waals surface area contributed by atoms with E-state index in [0.29, 0.717) is 11.4 Å². The monoisotopic (exact) mass is 487 g/mol. The molecule has 3 rings (SSSR count). The van der Waals surface area contributed by atoms with Crippen LogP contribution in [0.3, 0.4) is 0 Å². The van der Waals surface area contributed by atoms with Gasteiger partial charge in [0.1, 0.15) is 0 Å². The lowest BCUT2D eigenvalue weighted by atomic mass is 10.2. The van der Waals surface area contributed by atoms with Crippen LogP contribution in [-0.2, 0) is 10.0 Å². The Labute approximate surface area is 182 Å². The van der Waals surface area contributed by atoms with Gasteiger partial charge in [-0.3, -0.25) is 4.79 Å². The van der Waals surface area contributed by atoms with Gasteiger partial charge in [-0.15, -0.1) is 0 Å². The third-order valence-electron chi connectivity index (χ3n) is 4.06. The van der Waals surface area contributed by atoms with Crippen LogP contribution in [0.4, 0.5) is 16.2 Å². The zero-order valence-electron chi connectivity index (χ0n) is 15.8. The second-order valence-electron chi connectivity index (χ2n) is 6.39. The van der Waals surface area contributed by atoms with E-state index in [9.17, 15) is 18.0 Å². The van der Waals surface area contributed by atoms with Crippen molar-refractivity contribution in [2.45, 2.75) is 11.8 Å². The van der Waals surface area contributed by atoms with Crippen molar-refractivity contribution < 1.29 is 18.0 Å². The molecule has 3 N–H and O–H groups in total. The molecule has 0 aromatic heterocycles. The van der Waals surface area contributed by atoms with Gasteiger partial charge in [0.2, 0.25) is 0 Å². The van der Waals surface area contributed by atoms with E-state index < -0.39 is 22.0 Å². The fraction of sp³-hybridized carbons (Fsp3) is 0.0476. The molecule has 0 aliphatic carbocycles. The number of rotatable bonds is 5. The SMILES string of the molecule is Cc1ccc(S(=O)(=O)NC(=O)c2cccc(NC(=O)Nc3ccccc3Br)c2)cc1. The Morgan fingerprint density at radius 2 is 1.57 bits per heavy atom. The van der Waals surface area contributed by atoms with Crippen LogP contribution in [0, 0.1) is 6.92 Å². The molecular weight excluding hydrogens is 470 g/mol. The van der Waals surface area contributed by atoms with Crippen LogP contribution < -0.4 is 15.4 Å². The largest absolute Gasteiger partial charge is 0.323 e. The summed E-state index contributed by atoms with van der Waals surface area (Å²) in [6.45, 7) is 1.83. The topological polar surface area (TPSA) is 104 Å². The molecule has 3 aromatic rings. The molecule has 0 radical (unpaired) electrons. The van der Waals surface area contributed by atoms with E-state index in [-0.39, 0.29) is 10.5 Å². The molecular formula is C21H18BrN3O4S. The highest BCUT2D eigenvalue weighted by Gasteiger charge is 2.19. The number of para-hydroxylation sites is 1. The lowest BCUT2D eigenvalue weighted by Crippen LogP contribution is -2.30. The number of halogens is 1. The second kappa shape index (κ2) is 9.10. The lowest BCUT2D eigenvalue weighted by Gasteiger charge is -2.11. The number of aryl methyl sites for hydroxylation is 1. The Bertz CT molecular complexity index is 1190. The minimum atomic E-state index is -4.01. The minimum absolute atomic E-state index is 0.0106. The highest BCUT2D eigenvalue weighted by atomic mass is 79.9. The molecule has 3 amide bonds. The summed E-state index contributed by atoms with van der Waals surface area (Å²) < 4.78 is 27.6. The first-order chi connectivity index (χ1) is 14.2. The summed E-state index contributed by atoms with van der Waals surface area (Å²) in [6.07, 6.45) is 0. The van der Waals surface area contributed by atoms with E-state index in [1.165, 1.54) is 24.3 Å². The van der Waals surface area contributed by atoms with Crippen molar-refractivity contribution in [2.24, 2.45) is 0 Å². The van der Waals surface area contributed by atoms with Crippen LogP contribution in [0.2, 0.25) is 0 Å². The number of carbonyl (C=O) groups excluding carboxylic acids is 2. The first kappa shape index (κ1) is 21.5. The Balaban J connectivity index is 1.70. The first-order valence-corrected chi connectivity index (χ1v) is 11.1. The highest BCUT2D eigenvalue weighted by Crippen LogP contribution is 2.21. The summed E-state index contributed by atoms with van der Waals surface area (Å²) in [4.78, 5) is 24.7. The molecule has 0 atom stereocenters. The predicted octanol–water partition coefficient (Wildman–Crippen LogP) is 4.52. The van der Waals surface area contributed by atoms with E-state index in [1.807, 2.05) is 17.7 Å². The highest BCUT2D eigenvalue weighted by molar-refractivity contribution is 9.10. The normalized spacial score (nSPS) is 10.9. The summed E-state index contributed by atoms with van der Waals surface area (Å²) in [5, 5.41) is 5.29. The van der Waals surface area contributed by atoms with Crippen molar-refractivity contribution in [3.8, 4) is 0 Å². The van der Waals surface area contributed by atoms with Gasteiger partial charge in [-0.1, -0.05) is 35.9 Å². The molecule has 0 aliphatic heterocycles. The smallest absolute Gasteiger partial charge is 0.308 e. The Hall–Kier alpha value is -3.17. The fourth-order valence-corrected chi connectivity index (χ4v) is 3.90. The molecule has 0 saturated carbocycles. The fourth-order valence-electron chi connectivity index (χ4n) is 2.54. The third-order valence-corrected chi connectivity index (χ3v) is 6.10. The van der Waals surface area contributed by atoms with Gasteiger partial charge >= 0.3 is 6.03 Å². The molecule has 0 fully saturated rings. The van der Waals surface area contributed by atoms with Gasteiger partial charge in [-0.05, 0) is 65.3 Å². The van der Waals surface area contributed by atoms with Gasteiger partial charge < -0.3 is 10.6 Å². The maximum Gasteiger partial charge on any atom is 0.323 e. The Morgan fingerprint density at radius 1 is 0.867 bits per heavy atom. The van der Waals surface area contributed by atoms with Crippen molar-refractivity contribution in [2.75, 3.05) is 10.6 Å². The van der Waals surface area contributed by atoms with Gasteiger partial charge in [-0.25, -0.2) is 17.9 Å². The van der Waals surface area contributed by atoms with Crippen LogP contribution in [-0.4, -0.2) is 20.4 Å². The molecule has 0 heterocycles. The van der Waals surface area contributed by atoms with Gasteiger partial charge in [0.15, 0.2) is 0 Å². The van der Waals surface area contributed by atoms with Gasteiger partial charge in [0.25, 0.3) is 15.9 Å². The number of hydrogen-bond acceptors (Lipinski definition) is 4. The summed E-state index contributed by atoms with van der Waals surface area (Å²) in [5.41, 5.74) is 1.90. The van der Waals surface area contributed by atoms with E-state index in [4.69, 9.17) is 0 Å². The number of benzene rings is 3. The molecule has 7 nitrogen and oxygen atoms in total. The van der Waals surface area contributed by atoms with E-state index in [2.05, 4.69) is 26.6 Å². The van der Waals surface area contributed by atoms with Gasteiger partial charge in [0.05, 0.1) is 10.6 Å². The van der Waals surface area contributed by atoms with Crippen LogP contribution in [0.5, 0.6) is 0 Å². The molecule has 0 unspecified atom stereocenters. The van der Waals surface area contributed by atoms with Crippen LogP contribution in [0.15, 0.2) is 82.2 Å². The van der Waals surface area contributed by atoms with Crippen LogP contribution in [0.1, 0.15) is 15.9 Å². The maximum absolute atomic E-state index is 12.4. The van der Waals surface area contributed by atoms with Crippen molar-refractivity contribution >= 4 is 49.3 Å². The number of nitrogens with one attached hydrogen (secondary N) is 3. The van der Waals surface area contributed by atoms with Gasteiger partial charge in [-0.2, -0.15) is 0 Å². The number of amides is 3. The Morgan fingerprint density at radius 3 is 2.27 bits per heavy atom. The minimum Gasteiger partial charge on any atom is -0.308 e. The molecule has 0 spiro atoms. The number of carbonyl (C=O) groups is 2. The van der Waals surface area contributed by atoms with Crippen molar-refractivity contribution in [3.63, 3.8) is 0 Å². The van der Waals surface area contributed by atoms with Crippen molar-refractivity contribution in [3.05, 3.63) is 88.4 Å². The second-order valence-corrected chi connectivity index (χ2v) is 8.92. The maximum atomic E-state index is 12.4. The molecule has 0 saturated heterocycles. The van der Waals surface area contributed by atoms with Crippen molar-refractivity contribution in [1.29, 1.82) is 0 Å². The molecule has 154 valence electrons. The molecule has 0 aliphatic rings. The zero-order chi connectivity index (χ0) is 21.7. The first-order valence-electron chi connectivity index (χ1n) is 8.81.